The van der Waals surface area contributed by atoms with Gasteiger partial charge < -0.3 is 5.11 Å². The van der Waals surface area contributed by atoms with E-state index in [4.69, 9.17) is 5.11 Å². The number of fused-ring (bicyclic) bond motifs is 1. The summed E-state index contributed by atoms with van der Waals surface area (Å²) < 4.78 is 2.83. The number of carbonyl (C=O) groups is 1. The van der Waals surface area contributed by atoms with Crippen molar-refractivity contribution in [2.75, 3.05) is 0 Å². The average molecular weight is 284 g/mol. The Morgan fingerprint density at radius 3 is 2.86 bits per heavy atom. The van der Waals surface area contributed by atoms with Crippen molar-refractivity contribution in [1.29, 1.82) is 0 Å². The van der Waals surface area contributed by atoms with Crippen LogP contribution in [0.25, 0.3) is 10.9 Å². The van der Waals surface area contributed by atoms with E-state index in [1.165, 1.54) is 21.8 Å². The maximum atomic E-state index is 12.4. The third kappa shape index (κ3) is 2.18. The van der Waals surface area contributed by atoms with Crippen molar-refractivity contribution in [1.82, 2.24) is 19.3 Å². The van der Waals surface area contributed by atoms with Crippen LogP contribution in [0, 0.1) is 0 Å². The van der Waals surface area contributed by atoms with Gasteiger partial charge in [-0.15, -0.1) is 0 Å². The summed E-state index contributed by atoms with van der Waals surface area (Å²) in [7, 11) is 1.64. The van der Waals surface area contributed by atoms with E-state index in [2.05, 4.69) is 10.1 Å². The maximum Gasteiger partial charge on any atom is 0.339 e. The van der Waals surface area contributed by atoms with Crippen LogP contribution in [0.5, 0.6) is 0 Å². The number of rotatable bonds is 3. The van der Waals surface area contributed by atoms with Crippen LogP contribution in [0.4, 0.5) is 0 Å². The number of aryl methyl sites for hydroxylation is 1. The topological polar surface area (TPSA) is 90.0 Å². The molecule has 7 heteroatoms. The fraction of sp³-hybridized carbons (Fsp3) is 0.143. The zero-order chi connectivity index (χ0) is 15.0. The van der Waals surface area contributed by atoms with Crippen LogP contribution in [0.15, 0.2) is 41.6 Å². The third-order valence-corrected chi connectivity index (χ3v) is 3.34. The van der Waals surface area contributed by atoms with Crippen LogP contribution in [0.2, 0.25) is 0 Å². The van der Waals surface area contributed by atoms with Crippen molar-refractivity contribution < 1.29 is 9.90 Å². The molecule has 7 nitrogen and oxygen atoms in total. The monoisotopic (exact) mass is 284 g/mol. The van der Waals surface area contributed by atoms with Gasteiger partial charge in [-0.2, -0.15) is 5.10 Å². The molecule has 0 saturated heterocycles. The second-order valence-electron chi connectivity index (χ2n) is 4.63. The highest BCUT2D eigenvalue weighted by Gasteiger charge is 2.16. The van der Waals surface area contributed by atoms with Gasteiger partial charge in [0.1, 0.15) is 5.56 Å². The van der Waals surface area contributed by atoms with Gasteiger partial charge in [0.05, 0.1) is 35.7 Å². The first kappa shape index (κ1) is 13.0. The molecule has 0 aliphatic rings. The van der Waals surface area contributed by atoms with Gasteiger partial charge in [0.25, 0.3) is 5.56 Å². The second-order valence-corrected chi connectivity index (χ2v) is 4.63. The zero-order valence-corrected chi connectivity index (χ0v) is 11.2. The van der Waals surface area contributed by atoms with Gasteiger partial charge in [0.15, 0.2) is 0 Å². The first-order valence-electron chi connectivity index (χ1n) is 6.26. The van der Waals surface area contributed by atoms with Gasteiger partial charge in [0, 0.05) is 7.05 Å². The quantitative estimate of drug-likeness (QED) is 0.771. The first-order chi connectivity index (χ1) is 10.1. The van der Waals surface area contributed by atoms with Crippen LogP contribution in [-0.2, 0) is 13.6 Å². The smallest absolute Gasteiger partial charge is 0.339 e. The molecule has 0 saturated carbocycles. The predicted molar refractivity (Wildman–Crippen MR) is 75.3 cm³/mol. The lowest BCUT2D eigenvalue weighted by atomic mass is 10.2. The molecule has 3 aromatic rings. The summed E-state index contributed by atoms with van der Waals surface area (Å²) in [5.74, 6) is -1.07. The van der Waals surface area contributed by atoms with Crippen molar-refractivity contribution in [3.8, 4) is 0 Å². The summed E-state index contributed by atoms with van der Waals surface area (Å²) in [4.78, 5) is 27.8. The van der Waals surface area contributed by atoms with E-state index in [0.29, 0.717) is 16.6 Å². The van der Waals surface area contributed by atoms with Crippen LogP contribution in [0.3, 0.4) is 0 Å². The molecule has 106 valence electrons. The first-order valence-corrected chi connectivity index (χ1v) is 6.26. The largest absolute Gasteiger partial charge is 0.478 e. The molecule has 2 heterocycles. The van der Waals surface area contributed by atoms with E-state index in [0.717, 1.165) is 0 Å². The van der Waals surface area contributed by atoms with Gasteiger partial charge in [0.2, 0.25) is 0 Å². The molecule has 21 heavy (non-hydrogen) atoms. The van der Waals surface area contributed by atoms with Gasteiger partial charge in [-0.25, -0.2) is 9.78 Å². The number of hydrogen-bond acceptors (Lipinski definition) is 4. The predicted octanol–water partition coefficient (Wildman–Crippen LogP) is 0.876. The fourth-order valence-corrected chi connectivity index (χ4v) is 2.21. The van der Waals surface area contributed by atoms with Gasteiger partial charge in [-0.1, -0.05) is 12.1 Å². The lowest BCUT2D eigenvalue weighted by molar-refractivity contribution is 0.0695. The Bertz CT molecular complexity index is 895. The number of carboxylic acids is 1. The number of carboxylic acid groups (broad SMARTS) is 1. The van der Waals surface area contributed by atoms with Crippen molar-refractivity contribution in [2.45, 2.75) is 6.54 Å². The summed E-state index contributed by atoms with van der Waals surface area (Å²) in [6, 6.07) is 7.03. The number of aromatic carboxylic acids is 1. The minimum atomic E-state index is -1.07. The van der Waals surface area contributed by atoms with Crippen LogP contribution >= 0.6 is 0 Å². The molecule has 0 spiro atoms. The Morgan fingerprint density at radius 1 is 1.33 bits per heavy atom. The minimum absolute atomic E-state index is 0.0811. The molecule has 2 aromatic heterocycles. The van der Waals surface area contributed by atoms with Crippen LogP contribution < -0.4 is 5.56 Å². The van der Waals surface area contributed by atoms with E-state index >= 15 is 0 Å². The molecule has 1 aromatic carbocycles. The Hall–Kier alpha value is -2.96. The standard InChI is InChI=1S/C14H12N4O3/c1-17-12(10(6-16-17)14(20)21)7-18-8-15-11-5-3-2-4-9(11)13(18)19/h2-6,8H,7H2,1H3,(H,20,21). The van der Waals surface area contributed by atoms with Crippen LogP contribution in [0.1, 0.15) is 16.1 Å². The Balaban J connectivity index is 2.11. The minimum Gasteiger partial charge on any atom is -0.478 e. The molecular formula is C14H12N4O3. The third-order valence-electron chi connectivity index (χ3n) is 3.34. The normalized spacial score (nSPS) is 10.9. The summed E-state index contributed by atoms with van der Waals surface area (Å²) in [5.41, 5.74) is 0.930. The molecular weight excluding hydrogens is 272 g/mol. The SMILES string of the molecule is Cn1ncc(C(=O)O)c1Cn1cnc2ccccc2c1=O. The molecule has 0 aliphatic heterocycles. The molecule has 0 atom stereocenters. The van der Waals surface area contributed by atoms with Crippen molar-refractivity contribution in [3.05, 3.63) is 58.4 Å². The fourth-order valence-electron chi connectivity index (χ4n) is 2.21. The zero-order valence-electron chi connectivity index (χ0n) is 11.2. The Morgan fingerprint density at radius 2 is 2.10 bits per heavy atom. The molecule has 0 fully saturated rings. The van der Waals surface area contributed by atoms with E-state index in [-0.39, 0.29) is 17.7 Å². The van der Waals surface area contributed by atoms with E-state index in [1.54, 1.807) is 25.2 Å². The van der Waals surface area contributed by atoms with E-state index in [1.807, 2.05) is 6.07 Å². The van der Waals surface area contributed by atoms with Crippen molar-refractivity contribution >= 4 is 16.9 Å². The van der Waals surface area contributed by atoms with Crippen LogP contribution in [-0.4, -0.2) is 30.4 Å². The number of benzene rings is 1. The molecule has 1 N–H and O–H groups in total. The highest BCUT2D eigenvalue weighted by Crippen LogP contribution is 2.10. The Kier molecular flexibility index (Phi) is 3.02. The van der Waals surface area contributed by atoms with Crippen molar-refractivity contribution in [3.63, 3.8) is 0 Å². The second kappa shape index (κ2) is 4.86. The number of para-hydroxylation sites is 1. The van der Waals surface area contributed by atoms with E-state index in [9.17, 15) is 9.59 Å². The van der Waals surface area contributed by atoms with Crippen molar-refractivity contribution in [2.24, 2.45) is 7.05 Å². The highest BCUT2D eigenvalue weighted by molar-refractivity contribution is 5.88. The summed E-state index contributed by atoms with van der Waals surface area (Å²) in [6.07, 6.45) is 2.69. The van der Waals surface area contributed by atoms with Gasteiger partial charge in [-0.05, 0) is 12.1 Å². The maximum absolute atomic E-state index is 12.4. The number of aromatic nitrogens is 4. The number of nitrogens with zero attached hydrogens (tertiary/aromatic N) is 4. The molecule has 0 aliphatic carbocycles. The van der Waals surface area contributed by atoms with Gasteiger partial charge in [-0.3, -0.25) is 14.0 Å². The summed E-state index contributed by atoms with van der Waals surface area (Å²) >= 11 is 0. The molecule has 0 amide bonds. The molecule has 0 bridgehead atoms. The summed E-state index contributed by atoms with van der Waals surface area (Å²) in [5, 5.41) is 13.6. The van der Waals surface area contributed by atoms with Gasteiger partial charge >= 0.3 is 5.97 Å². The number of hydrogen-bond donors (Lipinski definition) is 1. The molecule has 3 rings (SSSR count). The lowest BCUT2D eigenvalue weighted by Crippen LogP contribution is -2.23. The highest BCUT2D eigenvalue weighted by atomic mass is 16.4. The molecule has 0 unspecified atom stereocenters. The molecule has 0 radical (unpaired) electrons. The lowest BCUT2D eigenvalue weighted by Gasteiger charge is -2.08. The Labute approximate surface area is 119 Å². The summed E-state index contributed by atoms with van der Waals surface area (Å²) in [6.45, 7) is 0.106. The average Bonchev–Trinajstić information content (AvgIpc) is 2.84. The van der Waals surface area contributed by atoms with E-state index < -0.39 is 5.97 Å².